The first kappa shape index (κ1) is 19.0. The van der Waals surface area contributed by atoms with Crippen LogP contribution in [0.2, 0.25) is 5.02 Å². The van der Waals surface area contributed by atoms with E-state index in [1.54, 1.807) is 6.33 Å². The number of benzene rings is 1. The summed E-state index contributed by atoms with van der Waals surface area (Å²) in [4.78, 5) is 16.1. The molecule has 0 amide bonds. The molecule has 1 aromatic carbocycles. The molecule has 31 heavy (non-hydrogen) atoms. The molecule has 2 N–H and O–H groups in total. The lowest BCUT2D eigenvalue weighted by molar-refractivity contribution is -0.0508. The average Bonchev–Trinajstić information content (AvgIpc) is 3.38. The number of fused-ring (bicyclic) bond motifs is 3. The molecule has 6 rings (SSSR count). The van der Waals surface area contributed by atoms with E-state index >= 15 is 0 Å². The zero-order valence-corrected chi connectivity index (χ0v) is 17.7. The Balaban J connectivity index is 1.24. The molecule has 3 saturated heterocycles. The van der Waals surface area contributed by atoms with Gasteiger partial charge >= 0.3 is 0 Å². The van der Waals surface area contributed by atoms with E-state index in [4.69, 9.17) is 26.1 Å². The van der Waals surface area contributed by atoms with Crippen molar-refractivity contribution in [3.63, 3.8) is 0 Å². The minimum absolute atomic E-state index is 0.447. The molecular weight excluding hydrogens is 416 g/mol. The molecule has 2 atom stereocenters. The van der Waals surface area contributed by atoms with Gasteiger partial charge in [0, 0.05) is 36.8 Å². The molecule has 3 aliphatic rings. The van der Waals surface area contributed by atoms with Gasteiger partial charge in [-0.3, -0.25) is 0 Å². The molecular formula is C22H23ClN6O2. The van der Waals surface area contributed by atoms with Gasteiger partial charge in [-0.15, -0.1) is 0 Å². The van der Waals surface area contributed by atoms with E-state index < -0.39 is 0 Å². The number of aromatic nitrogens is 3. The van der Waals surface area contributed by atoms with Crippen LogP contribution in [0.5, 0.6) is 5.75 Å². The molecule has 0 saturated carbocycles. The summed E-state index contributed by atoms with van der Waals surface area (Å²) in [6.45, 7) is 4.12. The number of halogens is 1. The third kappa shape index (κ3) is 3.64. The summed E-state index contributed by atoms with van der Waals surface area (Å²) in [6, 6.07) is 10.8. The number of nitrogens with zero attached hydrogens (tertiary/aromatic N) is 4. The van der Waals surface area contributed by atoms with Gasteiger partial charge in [0.25, 0.3) is 0 Å². The van der Waals surface area contributed by atoms with Crippen molar-refractivity contribution in [1.82, 2.24) is 20.3 Å². The molecule has 3 fully saturated rings. The Hall–Kier alpha value is -2.68. The lowest BCUT2D eigenvalue weighted by Gasteiger charge is -2.28. The fraction of sp³-hybridized carbons (Fsp3) is 0.409. The normalized spacial score (nSPS) is 22.7. The minimum atomic E-state index is 0.447. The molecule has 3 aliphatic heterocycles. The molecule has 160 valence electrons. The topological polar surface area (TPSA) is 84.4 Å². The molecule has 2 bridgehead atoms. The van der Waals surface area contributed by atoms with Gasteiger partial charge in [-0.05, 0) is 36.8 Å². The van der Waals surface area contributed by atoms with Crippen molar-refractivity contribution in [3.05, 3.63) is 41.7 Å². The minimum Gasteiger partial charge on any atom is -0.492 e. The summed E-state index contributed by atoms with van der Waals surface area (Å²) in [7, 11) is 0. The zero-order valence-electron chi connectivity index (χ0n) is 16.9. The summed E-state index contributed by atoms with van der Waals surface area (Å²) in [5.74, 6) is 2.75. The third-order valence-corrected chi connectivity index (χ3v) is 6.49. The van der Waals surface area contributed by atoms with Gasteiger partial charge in [0.15, 0.2) is 5.82 Å². The summed E-state index contributed by atoms with van der Waals surface area (Å²) >= 11 is 6.45. The molecule has 3 aromatic rings. The van der Waals surface area contributed by atoms with E-state index in [-0.39, 0.29) is 0 Å². The summed E-state index contributed by atoms with van der Waals surface area (Å²) in [6.07, 6.45) is 2.73. The number of nitrogens with one attached hydrogen (secondary N) is 2. The summed E-state index contributed by atoms with van der Waals surface area (Å²) in [5, 5.41) is 7.44. The number of hydrogen-bond donors (Lipinski definition) is 2. The van der Waals surface area contributed by atoms with Gasteiger partial charge in [-0.1, -0.05) is 11.6 Å². The molecule has 8 nitrogen and oxygen atoms in total. The molecule has 5 heterocycles. The van der Waals surface area contributed by atoms with Gasteiger partial charge < -0.3 is 25.0 Å². The molecule has 0 unspecified atom stereocenters. The van der Waals surface area contributed by atoms with E-state index in [0.717, 1.165) is 48.8 Å². The van der Waals surface area contributed by atoms with Crippen LogP contribution in [-0.2, 0) is 4.74 Å². The Bertz CT molecular complexity index is 1120. The van der Waals surface area contributed by atoms with Crippen LogP contribution >= 0.6 is 11.6 Å². The number of pyridine rings is 1. The Morgan fingerprint density at radius 1 is 1.23 bits per heavy atom. The fourth-order valence-corrected chi connectivity index (χ4v) is 4.68. The Labute approximate surface area is 184 Å². The van der Waals surface area contributed by atoms with Crippen molar-refractivity contribution in [1.29, 1.82) is 0 Å². The van der Waals surface area contributed by atoms with Gasteiger partial charge in [0.05, 0.1) is 30.4 Å². The number of piperazine rings is 1. The second kappa shape index (κ2) is 7.78. The number of hydrogen-bond acceptors (Lipinski definition) is 8. The molecule has 0 radical (unpaired) electrons. The quantitative estimate of drug-likeness (QED) is 0.607. The summed E-state index contributed by atoms with van der Waals surface area (Å²) < 4.78 is 11.0. The highest BCUT2D eigenvalue weighted by Crippen LogP contribution is 2.33. The van der Waals surface area contributed by atoms with Crippen LogP contribution in [0.15, 0.2) is 36.7 Å². The standard InChI is InChI=1S/C22H23ClN6O2/c23-17-6-14(1-3-19(17)31-11-13-9-30-10-13)27-22-21-18(25-12-26-22)2-4-20(28-21)29-8-15-5-16(29)7-24-15/h1-4,6,12-13,15-16,24H,5,7-11H2,(H,25,26,27)/t15-,16-/m0/s1. The largest absolute Gasteiger partial charge is 0.492 e. The molecule has 0 aliphatic carbocycles. The Morgan fingerprint density at radius 3 is 2.90 bits per heavy atom. The van der Waals surface area contributed by atoms with E-state index in [0.29, 0.717) is 41.2 Å². The van der Waals surface area contributed by atoms with Crippen LogP contribution in [0.1, 0.15) is 6.42 Å². The zero-order chi connectivity index (χ0) is 20.8. The second-order valence-electron chi connectivity index (χ2n) is 8.39. The van der Waals surface area contributed by atoms with E-state index in [2.05, 4.69) is 31.6 Å². The maximum Gasteiger partial charge on any atom is 0.160 e. The van der Waals surface area contributed by atoms with Gasteiger partial charge in [0.1, 0.15) is 23.4 Å². The van der Waals surface area contributed by atoms with Crippen LogP contribution < -0.4 is 20.3 Å². The van der Waals surface area contributed by atoms with E-state index in [1.807, 2.05) is 24.3 Å². The van der Waals surface area contributed by atoms with Crippen LogP contribution in [0.4, 0.5) is 17.3 Å². The summed E-state index contributed by atoms with van der Waals surface area (Å²) in [5.41, 5.74) is 2.37. The number of ether oxygens (including phenoxy) is 2. The molecule has 9 heteroatoms. The predicted octanol–water partition coefficient (Wildman–Crippen LogP) is 3.00. The second-order valence-corrected chi connectivity index (χ2v) is 8.80. The lowest BCUT2D eigenvalue weighted by atomic mass is 10.1. The highest BCUT2D eigenvalue weighted by Gasteiger charge is 2.38. The smallest absolute Gasteiger partial charge is 0.160 e. The SMILES string of the molecule is Clc1cc(Nc2ncnc3ccc(N4C[C@@H]5C[C@H]4CN5)nc23)ccc1OCC1COC1. The van der Waals surface area contributed by atoms with Crippen molar-refractivity contribution >= 4 is 40.0 Å². The first-order chi connectivity index (χ1) is 15.2. The first-order valence-corrected chi connectivity index (χ1v) is 11.0. The van der Waals surface area contributed by atoms with Crippen LogP contribution in [0.25, 0.3) is 11.0 Å². The first-order valence-electron chi connectivity index (χ1n) is 10.6. The number of anilines is 3. The fourth-order valence-electron chi connectivity index (χ4n) is 4.44. The van der Waals surface area contributed by atoms with Gasteiger partial charge in [0.2, 0.25) is 0 Å². The van der Waals surface area contributed by atoms with Crippen molar-refractivity contribution in [2.24, 2.45) is 5.92 Å². The third-order valence-electron chi connectivity index (χ3n) is 6.19. The van der Waals surface area contributed by atoms with Crippen LogP contribution in [0.3, 0.4) is 0 Å². The Morgan fingerprint density at radius 2 is 2.16 bits per heavy atom. The van der Waals surface area contributed by atoms with Crippen LogP contribution in [-0.4, -0.2) is 59.9 Å². The molecule has 2 aromatic heterocycles. The van der Waals surface area contributed by atoms with E-state index in [1.165, 1.54) is 6.42 Å². The van der Waals surface area contributed by atoms with Gasteiger partial charge in [-0.2, -0.15) is 0 Å². The van der Waals surface area contributed by atoms with Crippen molar-refractivity contribution in [3.8, 4) is 5.75 Å². The number of rotatable bonds is 6. The monoisotopic (exact) mass is 438 g/mol. The predicted molar refractivity (Wildman–Crippen MR) is 119 cm³/mol. The lowest BCUT2D eigenvalue weighted by Crippen LogP contribution is -2.44. The van der Waals surface area contributed by atoms with Crippen molar-refractivity contribution in [2.45, 2.75) is 18.5 Å². The van der Waals surface area contributed by atoms with Crippen molar-refractivity contribution < 1.29 is 9.47 Å². The van der Waals surface area contributed by atoms with Crippen LogP contribution in [0, 0.1) is 5.92 Å². The van der Waals surface area contributed by atoms with E-state index in [9.17, 15) is 0 Å². The average molecular weight is 439 g/mol. The Kier molecular flexibility index (Phi) is 4.78. The molecule has 0 spiro atoms. The van der Waals surface area contributed by atoms with Crippen molar-refractivity contribution in [2.75, 3.05) is 43.1 Å². The van der Waals surface area contributed by atoms with Gasteiger partial charge in [-0.25, -0.2) is 15.0 Å². The maximum absolute atomic E-state index is 6.45. The highest BCUT2D eigenvalue weighted by molar-refractivity contribution is 6.32. The maximum atomic E-state index is 6.45. The highest BCUT2D eigenvalue weighted by atomic mass is 35.5.